The number of carbonyl (C=O) groups excluding carboxylic acids is 1. The van der Waals surface area contributed by atoms with E-state index in [0.29, 0.717) is 13.1 Å². The summed E-state index contributed by atoms with van der Waals surface area (Å²) in [6.45, 7) is 0.686. The number of nitriles is 1. The van der Waals surface area contributed by atoms with Crippen LogP contribution in [0.4, 0.5) is 4.39 Å². The fraction of sp³-hybridized carbons (Fsp3) is 0.118. The molecule has 5 nitrogen and oxygen atoms in total. The van der Waals surface area contributed by atoms with Crippen LogP contribution in [0.1, 0.15) is 11.1 Å². The van der Waals surface area contributed by atoms with Crippen LogP contribution < -0.4 is 10.6 Å². The maximum atomic E-state index is 12.8. The number of aromatic nitrogens is 1. The monoisotopic (exact) mass is 310 g/mol. The SMILES string of the molecule is N#C/C(=C/NCc1ccc(F)cc1)C(=O)NCc1cccnc1. The Kier molecular flexibility index (Phi) is 5.83. The van der Waals surface area contributed by atoms with E-state index in [0.717, 1.165) is 11.1 Å². The number of amides is 1. The van der Waals surface area contributed by atoms with Gasteiger partial charge in [-0.2, -0.15) is 5.26 Å². The molecule has 1 amide bonds. The van der Waals surface area contributed by atoms with Gasteiger partial charge >= 0.3 is 0 Å². The van der Waals surface area contributed by atoms with Crippen molar-refractivity contribution < 1.29 is 9.18 Å². The van der Waals surface area contributed by atoms with Gasteiger partial charge in [-0.25, -0.2) is 4.39 Å². The second-order valence-electron chi connectivity index (χ2n) is 4.72. The van der Waals surface area contributed by atoms with Gasteiger partial charge in [0, 0.05) is 31.7 Å². The van der Waals surface area contributed by atoms with Crippen molar-refractivity contribution in [3.63, 3.8) is 0 Å². The molecule has 1 heterocycles. The molecule has 0 saturated carbocycles. The van der Waals surface area contributed by atoms with Gasteiger partial charge in [0.15, 0.2) is 0 Å². The summed E-state index contributed by atoms with van der Waals surface area (Å²) < 4.78 is 12.8. The van der Waals surface area contributed by atoms with E-state index >= 15 is 0 Å². The summed E-state index contributed by atoms with van der Waals surface area (Å²) in [7, 11) is 0. The van der Waals surface area contributed by atoms with Crippen molar-refractivity contribution in [2.24, 2.45) is 0 Å². The fourth-order valence-corrected chi connectivity index (χ4v) is 1.80. The van der Waals surface area contributed by atoms with Gasteiger partial charge in [-0.05, 0) is 29.3 Å². The van der Waals surface area contributed by atoms with Gasteiger partial charge in [-0.3, -0.25) is 9.78 Å². The first-order valence-electron chi connectivity index (χ1n) is 6.94. The molecule has 0 bridgehead atoms. The molecule has 0 aliphatic heterocycles. The van der Waals surface area contributed by atoms with Crippen molar-refractivity contribution in [2.45, 2.75) is 13.1 Å². The van der Waals surface area contributed by atoms with Crippen molar-refractivity contribution >= 4 is 5.91 Å². The van der Waals surface area contributed by atoms with Crippen LogP contribution in [0.25, 0.3) is 0 Å². The first-order valence-corrected chi connectivity index (χ1v) is 6.94. The van der Waals surface area contributed by atoms with Crippen molar-refractivity contribution in [1.29, 1.82) is 5.26 Å². The highest BCUT2D eigenvalue weighted by Crippen LogP contribution is 2.02. The Bertz CT molecular complexity index is 721. The number of benzene rings is 1. The third-order valence-electron chi connectivity index (χ3n) is 3.01. The maximum absolute atomic E-state index is 12.8. The molecule has 0 unspecified atom stereocenters. The number of hydrogen-bond acceptors (Lipinski definition) is 4. The summed E-state index contributed by atoms with van der Waals surface area (Å²) in [5.74, 6) is -0.778. The van der Waals surface area contributed by atoms with Crippen molar-refractivity contribution in [3.05, 3.63) is 77.5 Å². The minimum atomic E-state index is -0.469. The lowest BCUT2D eigenvalue weighted by atomic mass is 10.2. The second kappa shape index (κ2) is 8.29. The number of carbonyl (C=O) groups is 1. The molecule has 1 aromatic heterocycles. The van der Waals surface area contributed by atoms with Crippen LogP contribution in [-0.2, 0) is 17.9 Å². The van der Waals surface area contributed by atoms with Gasteiger partial charge in [0.1, 0.15) is 17.5 Å². The number of pyridine rings is 1. The maximum Gasteiger partial charge on any atom is 0.263 e. The average molecular weight is 310 g/mol. The Morgan fingerprint density at radius 2 is 2.00 bits per heavy atom. The molecule has 0 saturated heterocycles. The molecule has 1 aromatic carbocycles. The number of hydrogen-bond donors (Lipinski definition) is 2. The Labute approximate surface area is 133 Å². The van der Waals surface area contributed by atoms with Gasteiger partial charge < -0.3 is 10.6 Å². The van der Waals surface area contributed by atoms with Crippen molar-refractivity contribution in [2.75, 3.05) is 0 Å². The molecule has 0 aliphatic carbocycles. The van der Waals surface area contributed by atoms with E-state index in [4.69, 9.17) is 5.26 Å². The zero-order chi connectivity index (χ0) is 16.5. The van der Waals surface area contributed by atoms with E-state index in [9.17, 15) is 9.18 Å². The average Bonchev–Trinajstić information content (AvgIpc) is 2.59. The van der Waals surface area contributed by atoms with Crippen LogP contribution in [-0.4, -0.2) is 10.9 Å². The minimum absolute atomic E-state index is 0.0315. The molecule has 2 N–H and O–H groups in total. The fourth-order valence-electron chi connectivity index (χ4n) is 1.80. The lowest BCUT2D eigenvalue weighted by molar-refractivity contribution is -0.117. The molecule has 0 radical (unpaired) electrons. The molecule has 2 aromatic rings. The zero-order valence-corrected chi connectivity index (χ0v) is 12.3. The molecule has 23 heavy (non-hydrogen) atoms. The normalized spacial score (nSPS) is 10.7. The lowest BCUT2D eigenvalue weighted by Gasteiger charge is -2.05. The number of halogens is 1. The van der Waals surface area contributed by atoms with Gasteiger partial charge in [0.25, 0.3) is 5.91 Å². The molecular weight excluding hydrogens is 295 g/mol. The highest BCUT2D eigenvalue weighted by molar-refractivity contribution is 5.97. The summed E-state index contributed by atoms with van der Waals surface area (Å²) in [6, 6.07) is 11.4. The van der Waals surface area contributed by atoms with E-state index in [2.05, 4.69) is 15.6 Å². The Hall–Kier alpha value is -3.20. The zero-order valence-electron chi connectivity index (χ0n) is 12.3. The summed E-state index contributed by atoms with van der Waals surface area (Å²) in [4.78, 5) is 15.9. The van der Waals surface area contributed by atoms with Crippen LogP contribution in [0.2, 0.25) is 0 Å². The van der Waals surface area contributed by atoms with Gasteiger partial charge in [-0.15, -0.1) is 0 Å². The van der Waals surface area contributed by atoms with Gasteiger partial charge in [-0.1, -0.05) is 18.2 Å². The first kappa shape index (κ1) is 16.2. The van der Waals surface area contributed by atoms with Crippen LogP contribution in [0.5, 0.6) is 0 Å². The van der Waals surface area contributed by atoms with E-state index in [1.54, 1.807) is 30.6 Å². The minimum Gasteiger partial charge on any atom is -0.386 e. The Morgan fingerprint density at radius 3 is 2.65 bits per heavy atom. The van der Waals surface area contributed by atoms with E-state index in [1.165, 1.54) is 18.3 Å². The number of nitrogens with zero attached hydrogens (tertiary/aromatic N) is 2. The van der Waals surface area contributed by atoms with E-state index in [1.807, 2.05) is 12.1 Å². The third kappa shape index (κ3) is 5.25. The van der Waals surface area contributed by atoms with Crippen molar-refractivity contribution in [1.82, 2.24) is 15.6 Å². The Morgan fingerprint density at radius 1 is 1.22 bits per heavy atom. The molecule has 0 aliphatic rings. The number of rotatable bonds is 6. The summed E-state index contributed by atoms with van der Waals surface area (Å²) >= 11 is 0. The largest absolute Gasteiger partial charge is 0.386 e. The quantitative estimate of drug-likeness (QED) is 0.632. The lowest BCUT2D eigenvalue weighted by Crippen LogP contribution is -2.25. The smallest absolute Gasteiger partial charge is 0.263 e. The summed E-state index contributed by atoms with van der Waals surface area (Å²) in [5, 5.41) is 14.6. The van der Waals surface area contributed by atoms with Crippen LogP contribution in [0.3, 0.4) is 0 Å². The summed E-state index contributed by atoms with van der Waals surface area (Å²) in [6.07, 6.45) is 4.63. The molecule has 116 valence electrons. The predicted molar refractivity (Wildman–Crippen MR) is 83.0 cm³/mol. The molecule has 6 heteroatoms. The van der Waals surface area contributed by atoms with E-state index < -0.39 is 5.91 Å². The van der Waals surface area contributed by atoms with Gasteiger partial charge in [0.05, 0.1) is 0 Å². The van der Waals surface area contributed by atoms with Crippen molar-refractivity contribution in [3.8, 4) is 6.07 Å². The van der Waals surface area contributed by atoms with Gasteiger partial charge in [0.2, 0.25) is 0 Å². The van der Waals surface area contributed by atoms with Crippen LogP contribution in [0.15, 0.2) is 60.6 Å². The van der Waals surface area contributed by atoms with Crippen LogP contribution in [0, 0.1) is 17.1 Å². The second-order valence-corrected chi connectivity index (χ2v) is 4.72. The standard InChI is InChI=1S/C17H15FN4O/c18-16-5-3-13(4-6-16)9-21-12-15(8-19)17(23)22-11-14-2-1-7-20-10-14/h1-7,10,12,21H,9,11H2,(H,22,23)/b15-12-. The molecule has 0 atom stereocenters. The van der Waals surface area contributed by atoms with Crippen LogP contribution >= 0.6 is 0 Å². The summed E-state index contributed by atoms with van der Waals surface area (Å²) in [5.41, 5.74) is 1.66. The number of nitrogens with one attached hydrogen (secondary N) is 2. The Balaban J connectivity index is 1.86. The molecular formula is C17H15FN4O. The molecule has 0 spiro atoms. The topological polar surface area (TPSA) is 77.8 Å². The predicted octanol–water partition coefficient (Wildman–Crippen LogP) is 2.03. The highest BCUT2D eigenvalue weighted by atomic mass is 19.1. The first-order chi connectivity index (χ1) is 11.2. The third-order valence-corrected chi connectivity index (χ3v) is 3.01. The molecule has 2 rings (SSSR count). The molecule has 0 fully saturated rings. The highest BCUT2D eigenvalue weighted by Gasteiger charge is 2.08. The van der Waals surface area contributed by atoms with E-state index in [-0.39, 0.29) is 11.4 Å².